The van der Waals surface area contributed by atoms with Gasteiger partial charge in [-0.2, -0.15) is 4.98 Å². The van der Waals surface area contributed by atoms with Crippen LogP contribution in [0.2, 0.25) is 0 Å². The summed E-state index contributed by atoms with van der Waals surface area (Å²) in [7, 11) is 0. The highest BCUT2D eigenvalue weighted by atomic mass is 16.5. The van der Waals surface area contributed by atoms with Crippen molar-refractivity contribution in [1.29, 1.82) is 0 Å². The van der Waals surface area contributed by atoms with Gasteiger partial charge in [-0.05, 0) is 19.1 Å². The lowest BCUT2D eigenvalue weighted by Gasteiger charge is -2.03. The van der Waals surface area contributed by atoms with Crippen LogP contribution >= 0.6 is 0 Å². The Morgan fingerprint density at radius 2 is 2.27 bits per heavy atom. The number of aryl methyl sites for hydroxylation is 1. The molecule has 2 rings (SSSR count). The van der Waals surface area contributed by atoms with E-state index in [1.54, 1.807) is 25.4 Å². The molecule has 0 atom stereocenters. The van der Waals surface area contributed by atoms with Crippen LogP contribution in [0, 0.1) is 0 Å². The third kappa shape index (κ3) is 4.65. The molecule has 0 bridgehead atoms. The zero-order valence-corrected chi connectivity index (χ0v) is 12.1. The fraction of sp³-hybridized carbons (Fsp3) is 0.357. The van der Waals surface area contributed by atoms with Crippen molar-refractivity contribution in [2.45, 2.75) is 19.8 Å². The lowest BCUT2D eigenvalue weighted by molar-refractivity contribution is -0.143. The van der Waals surface area contributed by atoms with Crippen LogP contribution in [0.1, 0.15) is 19.2 Å². The van der Waals surface area contributed by atoms with Gasteiger partial charge in [-0.15, -0.1) is 0 Å². The summed E-state index contributed by atoms with van der Waals surface area (Å²) in [6.45, 7) is 1.85. The summed E-state index contributed by atoms with van der Waals surface area (Å²) >= 11 is 0. The Hall–Kier alpha value is -2.77. The van der Waals surface area contributed by atoms with Crippen LogP contribution in [-0.2, 0) is 20.7 Å². The van der Waals surface area contributed by atoms with E-state index in [2.05, 4.69) is 20.4 Å². The van der Waals surface area contributed by atoms with Gasteiger partial charge in [0.05, 0.1) is 6.61 Å². The first-order chi connectivity index (χ1) is 10.7. The smallest absolute Gasteiger partial charge is 0.325 e. The molecule has 1 amide bonds. The van der Waals surface area contributed by atoms with Crippen molar-refractivity contribution < 1.29 is 18.8 Å². The van der Waals surface area contributed by atoms with E-state index in [0.29, 0.717) is 18.1 Å². The largest absolute Gasteiger partial charge is 0.465 e. The second-order valence-electron chi connectivity index (χ2n) is 4.34. The maximum absolute atomic E-state index is 11.6. The van der Waals surface area contributed by atoms with Crippen molar-refractivity contribution in [3.05, 3.63) is 30.4 Å². The summed E-state index contributed by atoms with van der Waals surface area (Å²) in [6.07, 6.45) is 3.72. The lowest BCUT2D eigenvalue weighted by atomic mass is 10.2. The molecule has 0 saturated carbocycles. The van der Waals surface area contributed by atoms with Crippen molar-refractivity contribution in [3.63, 3.8) is 0 Å². The molecule has 0 aliphatic carbocycles. The predicted octanol–water partition coefficient (Wildman–Crippen LogP) is 0.743. The van der Waals surface area contributed by atoms with Crippen LogP contribution in [0.5, 0.6) is 0 Å². The van der Waals surface area contributed by atoms with Crippen LogP contribution in [-0.4, -0.2) is 40.2 Å². The summed E-state index contributed by atoms with van der Waals surface area (Å²) < 4.78 is 9.78. The zero-order valence-electron chi connectivity index (χ0n) is 12.1. The predicted molar refractivity (Wildman–Crippen MR) is 75.5 cm³/mol. The lowest BCUT2D eigenvalue weighted by Crippen LogP contribution is -2.30. The van der Waals surface area contributed by atoms with Crippen LogP contribution < -0.4 is 5.32 Å². The second-order valence-corrected chi connectivity index (χ2v) is 4.34. The van der Waals surface area contributed by atoms with Crippen molar-refractivity contribution in [2.75, 3.05) is 13.2 Å². The third-order valence-corrected chi connectivity index (χ3v) is 2.69. The molecule has 1 N–H and O–H groups in total. The minimum absolute atomic E-state index is 0.141. The number of hydrogen-bond donors (Lipinski definition) is 1. The van der Waals surface area contributed by atoms with Gasteiger partial charge in [0.25, 0.3) is 0 Å². The normalized spacial score (nSPS) is 10.2. The minimum Gasteiger partial charge on any atom is -0.465 e. The van der Waals surface area contributed by atoms with Gasteiger partial charge in [-0.25, -0.2) is 0 Å². The summed E-state index contributed by atoms with van der Waals surface area (Å²) in [6, 6.07) is 3.59. The molecular weight excluding hydrogens is 288 g/mol. The van der Waals surface area contributed by atoms with E-state index in [-0.39, 0.29) is 25.5 Å². The molecule has 2 aromatic rings. The number of esters is 1. The first kappa shape index (κ1) is 15.6. The molecule has 0 aromatic carbocycles. The number of nitrogens with zero attached hydrogens (tertiary/aromatic N) is 3. The molecule has 22 heavy (non-hydrogen) atoms. The Morgan fingerprint density at radius 3 is 3.00 bits per heavy atom. The van der Waals surface area contributed by atoms with Gasteiger partial charge >= 0.3 is 5.97 Å². The number of pyridine rings is 1. The molecule has 2 heterocycles. The van der Waals surface area contributed by atoms with Crippen LogP contribution in [0.4, 0.5) is 0 Å². The molecule has 0 aliphatic rings. The number of carbonyl (C=O) groups is 2. The monoisotopic (exact) mass is 304 g/mol. The highest BCUT2D eigenvalue weighted by molar-refractivity contribution is 5.81. The molecule has 116 valence electrons. The van der Waals surface area contributed by atoms with Crippen molar-refractivity contribution >= 4 is 11.9 Å². The van der Waals surface area contributed by atoms with Crippen LogP contribution in [0.3, 0.4) is 0 Å². The van der Waals surface area contributed by atoms with E-state index >= 15 is 0 Å². The van der Waals surface area contributed by atoms with Crippen LogP contribution in [0.15, 0.2) is 29.0 Å². The summed E-state index contributed by atoms with van der Waals surface area (Å²) in [5, 5.41) is 6.29. The van der Waals surface area contributed by atoms with Crippen molar-refractivity contribution in [2.24, 2.45) is 0 Å². The van der Waals surface area contributed by atoms with Crippen LogP contribution in [0.25, 0.3) is 11.4 Å². The number of nitrogens with one attached hydrogen (secondary N) is 1. The Balaban J connectivity index is 1.79. The fourth-order valence-electron chi connectivity index (χ4n) is 1.66. The number of aromatic nitrogens is 3. The number of amides is 1. The highest BCUT2D eigenvalue weighted by Gasteiger charge is 2.11. The van der Waals surface area contributed by atoms with Gasteiger partial charge in [-0.1, -0.05) is 5.16 Å². The standard InChI is InChI=1S/C14H16N4O4/c1-2-21-13(20)9-16-11(19)5-6-12-17-14(18-22-12)10-4-3-7-15-8-10/h3-4,7-8H,2,5-6,9H2,1H3,(H,16,19). The van der Waals surface area contributed by atoms with Gasteiger partial charge < -0.3 is 14.6 Å². The van der Waals surface area contributed by atoms with Gasteiger partial charge in [-0.3, -0.25) is 14.6 Å². The topological polar surface area (TPSA) is 107 Å². The molecule has 0 radical (unpaired) electrons. The summed E-state index contributed by atoms with van der Waals surface area (Å²) in [4.78, 5) is 30.8. The average molecular weight is 304 g/mol. The van der Waals surface area contributed by atoms with E-state index < -0.39 is 5.97 Å². The Bertz CT molecular complexity index is 627. The zero-order chi connectivity index (χ0) is 15.8. The SMILES string of the molecule is CCOC(=O)CNC(=O)CCc1nc(-c2cccnc2)no1. The highest BCUT2D eigenvalue weighted by Crippen LogP contribution is 2.14. The van der Waals surface area contributed by atoms with Crippen molar-refractivity contribution in [1.82, 2.24) is 20.4 Å². The molecule has 2 aromatic heterocycles. The summed E-state index contributed by atoms with van der Waals surface area (Å²) in [5.74, 6) is 0.0295. The number of hydrogen-bond acceptors (Lipinski definition) is 7. The second kappa shape index (κ2) is 7.87. The molecule has 0 spiro atoms. The summed E-state index contributed by atoms with van der Waals surface area (Å²) in [5.41, 5.74) is 0.740. The number of rotatable bonds is 7. The number of carbonyl (C=O) groups excluding carboxylic acids is 2. The molecule has 0 saturated heterocycles. The van der Waals surface area contributed by atoms with E-state index in [4.69, 9.17) is 9.26 Å². The molecule has 8 heteroatoms. The third-order valence-electron chi connectivity index (χ3n) is 2.69. The van der Waals surface area contributed by atoms with E-state index in [1.807, 2.05) is 6.07 Å². The molecule has 8 nitrogen and oxygen atoms in total. The molecule has 0 aliphatic heterocycles. The van der Waals surface area contributed by atoms with Gasteiger partial charge in [0.15, 0.2) is 0 Å². The minimum atomic E-state index is -0.465. The Kier molecular flexibility index (Phi) is 5.58. The quantitative estimate of drug-likeness (QED) is 0.752. The van der Waals surface area contributed by atoms with Crippen molar-refractivity contribution in [3.8, 4) is 11.4 Å². The van der Waals surface area contributed by atoms with E-state index in [1.165, 1.54) is 0 Å². The first-order valence-corrected chi connectivity index (χ1v) is 6.84. The Labute approximate surface area is 126 Å². The van der Waals surface area contributed by atoms with Gasteiger partial charge in [0.1, 0.15) is 6.54 Å². The number of ether oxygens (including phenoxy) is 1. The average Bonchev–Trinajstić information content (AvgIpc) is 3.01. The molecule has 0 fully saturated rings. The Morgan fingerprint density at radius 1 is 1.41 bits per heavy atom. The maximum atomic E-state index is 11.6. The van der Waals surface area contributed by atoms with E-state index in [9.17, 15) is 9.59 Å². The molecular formula is C14H16N4O4. The first-order valence-electron chi connectivity index (χ1n) is 6.84. The van der Waals surface area contributed by atoms with Gasteiger partial charge in [0, 0.05) is 30.8 Å². The fourth-order valence-corrected chi connectivity index (χ4v) is 1.66. The maximum Gasteiger partial charge on any atom is 0.325 e. The van der Waals surface area contributed by atoms with Gasteiger partial charge in [0.2, 0.25) is 17.6 Å². The van der Waals surface area contributed by atoms with E-state index in [0.717, 1.165) is 5.56 Å². The molecule has 0 unspecified atom stereocenters.